The average molecular weight is 295 g/mol. The highest BCUT2D eigenvalue weighted by Gasteiger charge is 2.13. The second-order valence-corrected chi connectivity index (χ2v) is 4.73. The van der Waals surface area contributed by atoms with Gasteiger partial charge in [0.2, 0.25) is 0 Å². The van der Waals surface area contributed by atoms with Crippen LogP contribution >= 0.6 is 15.9 Å². The molecular weight excluding hydrogens is 280 g/mol. The van der Waals surface area contributed by atoms with Crippen LogP contribution in [0, 0.1) is 0 Å². The number of halogens is 1. The first kappa shape index (κ1) is 12.1. The van der Waals surface area contributed by atoms with Crippen molar-refractivity contribution in [1.82, 2.24) is 14.8 Å². The van der Waals surface area contributed by atoms with Crippen LogP contribution in [0.1, 0.15) is 23.9 Å². The lowest BCUT2D eigenvalue weighted by atomic mass is 10.1. The second kappa shape index (κ2) is 4.87. The molecule has 0 aliphatic heterocycles. The third-order valence-electron chi connectivity index (χ3n) is 2.80. The number of aromatic nitrogens is 3. The third kappa shape index (κ3) is 2.34. The number of nitrogens with zero attached hydrogens (tertiary/aromatic N) is 3. The number of nitrogens with two attached hydrogens (primary N) is 1. The summed E-state index contributed by atoms with van der Waals surface area (Å²) >= 11 is 3.60. The summed E-state index contributed by atoms with van der Waals surface area (Å²) in [5.41, 5.74) is 9.92. The Bertz CT molecular complexity index is 533. The number of rotatable bonds is 3. The van der Waals surface area contributed by atoms with Crippen molar-refractivity contribution in [2.45, 2.75) is 19.8 Å². The van der Waals surface area contributed by atoms with Gasteiger partial charge in [0.1, 0.15) is 0 Å². The van der Waals surface area contributed by atoms with Crippen LogP contribution in [0.25, 0.3) is 0 Å². The molecule has 0 saturated heterocycles. The molecule has 2 heterocycles. The molecule has 0 bridgehead atoms. The molecule has 2 aromatic rings. The smallest absolute Gasteiger partial charge is 0.0766 e. The number of aryl methyl sites for hydroxylation is 2. The van der Waals surface area contributed by atoms with E-state index in [2.05, 4.69) is 32.9 Å². The van der Waals surface area contributed by atoms with E-state index < -0.39 is 0 Å². The van der Waals surface area contributed by atoms with Gasteiger partial charge in [0, 0.05) is 31.5 Å². The van der Waals surface area contributed by atoms with E-state index in [-0.39, 0.29) is 0 Å². The first-order chi connectivity index (χ1) is 8.13. The lowest BCUT2D eigenvalue weighted by molar-refractivity contribution is 0.709. The molecule has 2 N–H and O–H groups in total. The van der Waals surface area contributed by atoms with Gasteiger partial charge in [-0.2, -0.15) is 5.10 Å². The van der Waals surface area contributed by atoms with Gasteiger partial charge >= 0.3 is 0 Å². The van der Waals surface area contributed by atoms with Crippen LogP contribution in [0.4, 0.5) is 5.69 Å². The molecule has 0 unspecified atom stereocenters. The summed E-state index contributed by atoms with van der Waals surface area (Å²) in [6.07, 6.45) is 5.16. The number of hydrogen-bond acceptors (Lipinski definition) is 3. The van der Waals surface area contributed by atoms with Crippen LogP contribution in [-0.2, 0) is 19.9 Å². The Kier molecular flexibility index (Phi) is 3.47. The summed E-state index contributed by atoms with van der Waals surface area (Å²) in [6.45, 7) is 2.09. The highest BCUT2D eigenvalue weighted by Crippen LogP contribution is 2.25. The molecule has 5 heteroatoms. The first-order valence-corrected chi connectivity index (χ1v) is 6.31. The van der Waals surface area contributed by atoms with E-state index in [0.717, 1.165) is 40.0 Å². The molecule has 2 rings (SSSR count). The van der Waals surface area contributed by atoms with Crippen LogP contribution in [0.2, 0.25) is 0 Å². The van der Waals surface area contributed by atoms with Gasteiger partial charge in [-0.05, 0) is 34.0 Å². The van der Waals surface area contributed by atoms with Crippen molar-refractivity contribution < 1.29 is 0 Å². The minimum absolute atomic E-state index is 0.740. The van der Waals surface area contributed by atoms with Crippen molar-refractivity contribution in [2.75, 3.05) is 5.73 Å². The van der Waals surface area contributed by atoms with Gasteiger partial charge < -0.3 is 5.73 Å². The Labute approximate surface area is 109 Å². The standard InChI is InChI=1S/C12H15BrN4/c1-3-10-12(13)11(17(2)16-10)6-8-7-15-5-4-9(8)14/h4-5,7H,3,6H2,1-2H3,(H2,14,15). The summed E-state index contributed by atoms with van der Waals surface area (Å²) in [5, 5.41) is 4.46. The molecule has 0 radical (unpaired) electrons. The molecule has 17 heavy (non-hydrogen) atoms. The maximum atomic E-state index is 5.92. The minimum Gasteiger partial charge on any atom is -0.398 e. The van der Waals surface area contributed by atoms with Gasteiger partial charge in [-0.15, -0.1) is 0 Å². The van der Waals surface area contributed by atoms with E-state index in [4.69, 9.17) is 5.73 Å². The van der Waals surface area contributed by atoms with Crippen molar-refractivity contribution >= 4 is 21.6 Å². The monoisotopic (exact) mass is 294 g/mol. The number of hydrogen-bond donors (Lipinski definition) is 1. The molecule has 2 aromatic heterocycles. The Balaban J connectivity index is 2.37. The lowest BCUT2D eigenvalue weighted by Crippen LogP contribution is -2.02. The summed E-state index contributed by atoms with van der Waals surface area (Å²) in [6, 6.07) is 1.82. The molecule has 0 atom stereocenters. The maximum absolute atomic E-state index is 5.92. The topological polar surface area (TPSA) is 56.7 Å². The van der Waals surface area contributed by atoms with Crippen molar-refractivity contribution in [2.24, 2.45) is 7.05 Å². The molecule has 0 saturated carbocycles. The summed E-state index contributed by atoms with van der Waals surface area (Å²) in [5.74, 6) is 0. The summed E-state index contributed by atoms with van der Waals surface area (Å²) in [7, 11) is 1.95. The molecule has 0 fully saturated rings. The van der Waals surface area contributed by atoms with Gasteiger partial charge in [-0.3, -0.25) is 9.67 Å². The highest BCUT2D eigenvalue weighted by atomic mass is 79.9. The normalized spacial score (nSPS) is 10.8. The molecule has 4 nitrogen and oxygen atoms in total. The fraction of sp³-hybridized carbons (Fsp3) is 0.333. The van der Waals surface area contributed by atoms with Gasteiger partial charge in [0.05, 0.1) is 15.9 Å². The SMILES string of the molecule is CCc1nn(C)c(Cc2cnccc2N)c1Br. The first-order valence-electron chi connectivity index (χ1n) is 5.52. The van der Waals surface area contributed by atoms with E-state index >= 15 is 0 Å². The molecule has 0 amide bonds. The predicted octanol–water partition coefficient (Wildman–Crippen LogP) is 2.31. The van der Waals surface area contributed by atoms with Crippen molar-refractivity contribution in [3.05, 3.63) is 39.9 Å². The number of pyridine rings is 1. The maximum Gasteiger partial charge on any atom is 0.0766 e. The van der Waals surface area contributed by atoms with Gasteiger partial charge in [-0.1, -0.05) is 6.92 Å². The fourth-order valence-corrected chi connectivity index (χ4v) is 2.53. The summed E-state index contributed by atoms with van der Waals surface area (Å²) < 4.78 is 2.97. The zero-order chi connectivity index (χ0) is 12.4. The van der Waals surface area contributed by atoms with Crippen LogP contribution in [0.5, 0.6) is 0 Å². The molecule has 0 aliphatic carbocycles. The molecule has 0 aromatic carbocycles. The molecule has 90 valence electrons. The van der Waals surface area contributed by atoms with E-state index in [0.29, 0.717) is 0 Å². The summed E-state index contributed by atoms with van der Waals surface area (Å²) in [4.78, 5) is 4.10. The van der Waals surface area contributed by atoms with Crippen LogP contribution in [0.3, 0.4) is 0 Å². The van der Waals surface area contributed by atoms with Crippen LogP contribution in [0.15, 0.2) is 22.9 Å². The van der Waals surface area contributed by atoms with E-state index in [1.807, 2.05) is 17.8 Å². The largest absolute Gasteiger partial charge is 0.398 e. The van der Waals surface area contributed by atoms with Gasteiger partial charge in [-0.25, -0.2) is 0 Å². The fourth-order valence-electron chi connectivity index (χ4n) is 1.78. The number of anilines is 1. The zero-order valence-electron chi connectivity index (χ0n) is 9.94. The lowest BCUT2D eigenvalue weighted by Gasteiger charge is -2.05. The van der Waals surface area contributed by atoms with Crippen molar-refractivity contribution in [3.63, 3.8) is 0 Å². The van der Waals surface area contributed by atoms with Crippen LogP contribution < -0.4 is 5.73 Å². The molecular formula is C12H15BrN4. The number of nitrogen functional groups attached to an aromatic ring is 1. The van der Waals surface area contributed by atoms with E-state index in [9.17, 15) is 0 Å². The highest BCUT2D eigenvalue weighted by molar-refractivity contribution is 9.10. The minimum atomic E-state index is 0.740. The second-order valence-electron chi connectivity index (χ2n) is 3.94. The zero-order valence-corrected chi connectivity index (χ0v) is 11.5. The van der Waals surface area contributed by atoms with E-state index in [1.54, 1.807) is 12.4 Å². The Morgan fingerprint density at radius 1 is 1.47 bits per heavy atom. The van der Waals surface area contributed by atoms with Gasteiger partial charge in [0.15, 0.2) is 0 Å². The van der Waals surface area contributed by atoms with Crippen molar-refractivity contribution in [1.29, 1.82) is 0 Å². The Morgan fingerprint density at radius 2 is 2.24 bits per heavy atom. The quantitative estimate of drug-likeness (QED) is 0.945. The van der Waals surface area contributed by atoms with E-state index in [1.165, 1.54) is 0 Å². The average Bonchev–Trinajstić information content (AvgIpc) is 2.59. The predicted molar refractivity (Wildman–Crippen MR) is 71.7 cm³/mol. The third-order valence-corrected chi connectivity index (χ3v) is 3.72. The Morgan fingerprint density at radius 3 is 2.82 bits per heavy atom. The molecule has 0 spiro atoms. The van der Waals surface area contributed by atoms with Crippen molar-refractivity contribution in [3.8, 4) is 0 Å². The van der Waals surface area contributed by atoms with Crippen LogP contribution in [-0.4, -0.2) is 14.8 Å². The molecule has 0 aliphatic rings. The Hall–Kier alpha value is -1.36. The van der Waals surface area contributed by atoms with Gasteiger partial charge in [0.25, 0.3) is 0 Å².